The van der Waals surface area contributed by atoms with E-state index < -0.39 is 0 Å². The number of nitrogens with two attached hydrogens (primary N) is 1. The van der Waals surface area contributed by atoms with Gasteiger partial charge in [0.25, 0.3) is 0 Å². The number of hydrogen-bond donors (Lipinski definition) is 2. The fourth-order valence-corrected chi connectivity index (χ4v) is 1.55. The van der Waals surface area contributed by atoms with Crippen LogP contribution in [0.25, 0.3) is 0 Å². The van der Waals surface area contributed by atoms with Gasteiger partial charge in [0.15, 0.2) is 0 Å². The molecule has 0 saturated heterocycles. The largest absolute Gasteiger partial charge is 0.398 e. The number of nitrogen functional groups attached to an aromatic ring is 1. The number of halogens is 1. The number of rotatable bonds is 2. The average Bonchev–Trinajstić information content (AvgIpc) is 2.13. The molecule has 13 heavy (non-hydrogen) atoms. The first-order valence-electron chi connectivity index (χ1n) is 4.29. The Balaban J connectivity index is 3.18. The predicted molar refractivity (Wildman–Crippen MR) is 58.1 cm³/mol. The lowest BCUT2D eigenvalue weighted by molar-refractivity contribution is 0.652. The highest BCUT2D eigenvalue weighted by Crippen LogP contribution is 2.29. The van der Waals surface area contributed by atoms with Crippen LogP contribution in [0.2, 0.25) is 5.02 Å². The number of hydrogen-bond acceptors (Lipinski definition) is 2. The van der Waals surface area contributed by atoms with Crippen molar-refractivity contribution in [3.05, 3.63) is 28.3 Å². The Morgan fingerprint density at radius 2 is 2.08 bits per heavy atom. The molecular weight excluding hydrogens is 184 g/mol. The molecule has 1 aromatic rings. The van der Waals surface area contributed by atoms with Crippen molar-refractivity contribution in [3.63, 3.8) is 0 Å². The van der Waals surface area contributed by atoms with Gasteiger partial charge in [0, 0.05) is 11.7 Å². The Morgan fingerprint density at radius 3 is 2.62 bits per heavy atom. The van der Waals surface area contributed by atoms with Crippen LogP contribution in [-0.4, -0.2) is 7.05 Å². The molecule has 2 nitrogen and oxygen atoms in total. The summed E-state index contributed by atoms with van der Waals surface area (Å²) in [7, 11) is 1.91. The standard InChI is InChI=1S/C10H15ClN2/c1-6-9(12)5-4-8(10(6)11)7(2)13-3/h4-5,7,13H,12H2,1-3H3. The summed E-state index contributed by atoms with van der Waals surface area (Å²) in [4.78, 5) is 0. The minimum atomic E-state index is 0.256. The number of benzene rings is 1. The molecule has 1 unspecified atom stereocenters. The van der Waals surface area contributed by atoms with Gasteiger partial charge in [-0.3, -0.25) is 0 Å². The molecule has 0 bridgehead atoms. The Morgan fingerprint density at radius 1 is 1.46 bits per heavy atom. The monoisotopic (exact) mass is 198 g/mol. The lowest BCUT2D eigenvalue weighted by atomic mass is 10.0. The van der Waals surface area contributed by atoms with E-state index in [2.05, 4.69) is 12.2 Å². The van der Waals surface area contributed by atoms with Gasteiger partial charge in [-0.05, 0) is 38.1 Å². The summed E-state index contributed by atoms with van der Waals surface area (Å²) in [6.45, 7) is 4.00. The molecular formula is C10H15ClN2. The Hall–Kier alpha value is -0.730. The zero-order valence-corrected chi connectivity index (χ0v) is 8.94. The third-order valence-electron chi connectivity index (χ3n) is 2.36. The van der Waals surface area contributed by atoms with Crippen molar-refractivity contribution in [1.29, 1.82) is 0 Å². The first-order chi connectivity index (χ1) is 6.07. The van der Waals surface area contributed by atoms with Gasteiger partial charge in [-0.1, -0.05) is 17.7 Å². The van der Waals surface area contributed by atoms with E-state index in [0.717, 1.165) is 21.8 Å². The van der Waals surface area contributed by atoms with Crippen molar-refractivity contribution in [2.75, 3.05) is 12.8 Å². The SMILES string of the molecule is CNC(C)c1ccc(N)c(C)c1Cl. The summed E-state index contributed by atoms with van der Waals surface area (Å²) >= 11 is 6.15. The van der Waals surface area contributed by atoms with Crippen molar-refractivity contribution in [2.45, 2.75) is 19.9 Å². The molecule has 1 aromatic carbocycles. The van der Waals surface area contributed by atoms with Gasteiger partial charge in [-0.25, -0.2) is 0 Å². The lowest BCUT2D eigenvalue weighted by Gasteiger charge is -2.15. The highest BCUT2D eigenvalue weighted by molar-refractivity contribution is 6.32. The minimum Gasteiger partial charge on any atom is -0.398 e. The summed E-state index contributed by atoms with van der Waals surface area (Å²) in [6, 6.07) is 4.11. The van der Waals surface area contributed by atoms with E-state index in [1.165, 1.54) is 0 Å². The van der Waals surface area contributed by atoms with Crippen LogP contribution < -0.4 is 11.1 Å². The number of nitrogens with one attached hydrogen (secondary N) is 1. The predicted octanol–water partition coefficient (Wildman–Crippen LogP) is 2.51. The zero-order chi connectivity index (χ0) is 10.0. The third-order valence-corrected chi connectivity index (χ3v) is 2.86. The van der Waals surface area contributed by atoms with Gasteiger partial charge in [-0.2, -0.15) is 0 Å². The van der Waals surface area contributed by atoms with Crippen LogP contribution >= 0.6 is 11.6 Å². The normalized spacial score (nSPS) is 12.9. The average molecular weight is 199 g/mol. The van der Waals surface area contributed by atoms with Crippen LogP contribution in [0.4, 0.5) is 5.69 Å². The van der Waals surface area contributed by atoms with Crippen molar-refractivity contribution >= 4 is 17.3 Å². The van der Waals surface area contributed by atoms with E-state index in [4.69, 9.17) is 17.3 Å². The highest BCUT2D eigenvalue weighted by Gasteiger charge is 2.10. The Labute approximate surface area is 84.1 Å². The molecule has 72 valence electrons. The molecule has 3 heteroatoms. The van der Waals surface area contributed by atoms with E-state index >= 15 is 0 Å². The fourth-order valence-electron chi connectivity index (χ4n) is 1.21. The van der Waals surface area contributed by atoms with E-state index in [-0.39, 0.29) is 6.04 Å². The van der Waals surface area contributed by atoms with E-state index in [1.54, 1.807) is 0 Å². The highest BCUT2D eigenvalue weighted by atomic mass is 35.5. The zero-order valence-electron chi connectivity index (χ0n) is 8.19. The second-order valence-corrected chi connectivity index (χ2v) is 3.57. The van der Waals surface area contributed by atoms with E-state index in [0.29, 0.717) is 0 Å². The lowest BCUT2D eigenvalue weighted by Crippen LogP contribution is -2.13. The molecule has 0 aliphatic carbocycles. The molecule has 0 aromatic heterocycles. The van der Waals surface area contributed by atoms with Crippen LogP contribution in [0.3, 0.4) is 0 Å². The molecule has 0 saturated carbocycles. The van der Waals surface area contributed by atoms with Crippen molar-refractivity contribution < 1.29 is 0 Å². The summed E-state index contributed by atoms with van der Waals surface area (Å²) in [5, 5.41) is 3.91. The minimum absolute atomic E-state index is 0.256. The fraction of sp³-hybridized carbons (Fsp3) is 0.400. The maximum Gasteiger partial charge on any atom is 0.0503 e. The summed E-state index contributed by atoms with van der Waals surface area (Å²) in [5.74, 6) is 0. The van der Waals surface area contributed by atoms with Gasteiger partial charge >= 0.3 is 0 Å². The van der Waals surface area contributed by atoms with E-state index in [9.17, 15) is 0 Å². The molecule has 0 fully saturated rings. The summed E-state index contributed by atoms with van der Waals surface area (Å²) in [5.41, 5.74) is 8.53. The molecule has 1 atom stereocenters. The topological polar surface area (TPSA) is 38.0 Å². The molecule has 0 aliphatic rings. The van der Waals surface area contributed by atoms with Crippen molar-refractivity contribution in [1.82, 2.24) is 5.32 Å². The maximum absolute atomic E-state index is 6.15. The van der Waals surface area contributed by atoms with Gasteiger partial charge < -0.3 is 11.1 Å². The number of anilines is 1. The van der Waals surface area contributed by atoms with Crippen LogP contribution in [0.1, 0.15) is 24.1 Å². The summed E-state index contributed by atoms with van der Waals surface area (Å²) in [6.07, 6.45) is 0. The Bertz CT molecular complexity index is 310. The third kappa shape index (κ3) is 1.95. The Kier molecular flexibility index (Phi) is 3.17. The second kappa shape index (κ2) is 3.99. The van der Waals surface area contributed by atoms with Crippen LogP contribution in [-0.2, 0) is 0 Å². The van der Waals surface area contributed by atoms with Gasteiger partial charge in [0.05, 0.1) is 5.02 Å². The molecule has 0 radical (unpaired) electrons. The molecule has 0 spiro atoms. The smallest absolute Gasteiger partial charge is 0.0503 e. The van der Waals surface area contributed by atoms with Gasteiger partial charge in [0.2, 0.25) is 0 Å². The molecule has 3 N–H and O–H groups in total. The first kappa shape index (κ1) is 10.4. The van der Waals surface area contributed by atoms with Crippen LogP contribution in [0.5, 0.6) is 0 Å². The van der Waals surface area contributed by atoms with Crippen molar-refractivity contribution in [3.8, 4) is 0 Å². The molecule has 0 aliphatic heterocycles. The maximum atomic E-state index is 6.15. The quantitative estimate of drug-likeness (QED) is 0.717. The van der Waals surface area contributed by atoms with Crippen LogP contribution in [0, 0.1) is 6.92 Å². The second-order valence-electron chi connectivity index (χ2n) is 3.19. The first-order valence-corrected chi connectivity index (χ1v) is 4.67. The molecule has 0 amide bonds. The van der Waals surface area contributed by atoms with Crippen molar-refractivity contribution in [2.24, 2.45) is 0 Å². The van der Waals surface area contributed by atoms with Gasteiger partial charge in [-0.15, -0.1) is 0 Å². The van der Waals surface area contributed by atoms with Crippen LogP contribution in [0.15, 0.2) is 12.1 Å². The van der Waals surface area contributed by atoms with E-state index in [1.807, 2.05) is 26.1 Å². The van der Waals surface area contributed by atoms with Gasteiger partial charge in [0.1, 0.15) is 0 Å². The molecule has 0 heterocycles. The molecule has 1 rings (SSSR count). The summed E-state index contributed by atoms with van der Waals surface area (Å²) < 4.78 is 0.